The average molecular weight is 555 g/mol. The monoisotopic (exact) mass is 554 g/mol. The summed E-state index contributed by atoms with van der Waals surface area (Å²) in [5.41, 5.74) is 0.709. The number of aliphatic hydroxyl groups excluding tert-OH is 2. The molecule has 2 aliphatic rings. The smallest absolute Gasteiger partial charge is 0.197 e. The predicted octanol–water partition coefficient (Wildman–Crippen LogP) is 4.94. The van der Waals surface area contributed by atoms with Crippen LogP contribution in [0.2, 0.25) is 0 Å². The van der Waals surface area contributed by atoms with Crippen molar-refractivity contribution in [2.45, 2.75) is 6.10 Å². The molecule has 10 nitrogen and oxygen atoms in total. The van der Waals surface area contributed by atoms with Gasteiger partial charge in [0.1, 0.15) is 69.0 Å². The largest absolute Gasteiger partial charge is 0.511 e. The summed E-state index contributed by atoms with van der Waals surface area (Å²) in [5, 5.41) is 51.2. The maximum atomic E-state index is 13.2. The Morgan fingerprint density at radius 1 is 0.805 bits per heavy atom. The van der Waals surface area contributed by atoms with Gasteiger partial charge in [0.25, 0.3) is 0 Å². The summed E-state index contributed by atoms with van der Waals surface area (Å²) in [6, 6.07) is 14.2. The Morgan fingerprint density at radius 3 is 2.27 bits per heavy atom. The van der Waals surface area contributed by atoms with Crippen LogP contribution in [0.5, 0.6) is 23.0 Å². The van der Waals surface area contributed by atoms with Crippen LogP contribution in [-0.4, -0.2) is 44.5 Å². The molecule has 2 atom stereocenters. The van der Waals surface area contributed by atoms with Crippen molar-refractivity contribution in [1.82, 2.24) is 0 Å². The van der Waals surface area contributed by atoms with E-state index in [-0.39, 0.29) is 51.1 Å². The Labute approximate surface area is 231 Å². The SMILES string of the molecule is COc1ccc(-c2cc(=O)c3c(O)cc(O)cc3o2)cc1C1=C(O)C=C(O)C2C(=O)C=C(c3ccc(O)cc3)OC12. The average Bonchev–Trinajstić information content (AvgIpc) is 2.92. The molecule has 1 aliphatic heterocycles. The molecule has 1 aliphatic carbocycles. The number of ketones is 1. The first-order valence-corrected chi connectivity index (χ1v) is 12.4. The fourth-order valence-electron chi connectivity index (χ4n) is 5.12. The van der Waals surface area contributed by atoms with Crippen molar-refractivity contribution in [3.63, 3.8) is 0 Å². The number of carbonyl (C=O) groups excluding carboxylic acids is 1. The van der Waals surface area contributed by atoms with Gasteiger partial charge in [-0.25, -0.2) is 0 Å². The lowest BCUT2D eigenvalue weighted by Crippen LogP contribution is -2.38. The van der Waals surface area contributed by atoms with E-state index in [1.807, 2.05) is 0 Å². The molecule has 0 bridgehead atoms. The van der Waals surface area contributed by atoms with Gasteiger partial charge >= 0.3 is 0 Å². The second kappa shape index (κ2) is 9.53. The Morgan fingerprint density at radius 2 is 1.54 bits per heavy atom. The maximum Gasteiger partial charge on any atom is 0.197 e. The first-order valence-electron chi connectivity index (χ1n) is 12.4. The highest BCUT2D eigenvalue weighted by Crippen LogP contribution is 2.45. The molecule has 41 heavy (non-hydrogen) atoms. The minimum Gasteiger partial charge on any atom is -0.511 e. The van der Waals surface area contributed by atoms with Crippen LogP contribution < -0.4 is 10.2 Å². The zero-order chi connectivity index (χ0) is 29.0. The molecule has 2 heterocycles. The van der Waals surface area contributed by atoms with Crippen molar-refractivity contribution in [2.24, 2.45) is 5.92 Å². The zero-order valence-corrected chi connectivity index (χ0v) is 21.4. The highest BCUT2D eigenvalue weighted by molar-refractivity contribution is 6.03. The molecular formula is C31H22O10. The molecule has 0 fully saturated rings. The number of carbonyl (C=O) groups is 1. The summed E-state index contributed by atoms with van der Waals surface area (Å²) >= 11 is 0. The van der Waals surface area contributed by atoms with Gasteiger partial charge in [0.05, 0.1) is 7.11 Å². The van der Waals surface area contributed by atoms with E-state index in [9.17, 15) is 35.1 Å². The fraction of sp³-hybridized carbons (Fsp3) is 0.0968. The number of benzene rings is 3. The van der Waals surface area contributed by atoms with Crippen LogP contribution in [0.4, 0.5) is 0 Å². The summed E-state index contributed by atoms with van der Waals surface area (Å²) in [4.78, 5) is 26.0. The first-order chi connectivity index (χ1) is 19.6. The minimum atomic E-state index is -1.16. The van der Waals surface area contributed by atoms with Gasteiger partial charge in [-0.1, -0.05) is 0 Å². The summed E-state index contributed by atoms with van der Waals surface area (Å²) in [6.45, 7) is 0. The van der Waals surface area contributed by atoms with Gasteiger partial charge in [-0.05, 0) is 42.5 Å². The number of ether oxygens (including phenoxy) is 2. The number of allylic oxidation sites excluding steroid dienone is 2. The van der Waals surface area contributed by atoms with Crippen LogP contribution in [0.1, 0.15) is 11.1 Å². The van der Waals surface area contributed by atoms with Gasteiger partial charge in [-0.15, -0.1) is 0 Å². The fourth-order valence-corrected chi connectivity index (χ4v) is 5.12. The van der Waals surface area contributed by atoms with Crippen LogP contribution >= 0.6 is 0 Å². The van der Waals surface area contributed by atoms with E-state index in [0.29, 0.717) is 22.4 Å². The normalized spacial score (nSPS) is 18.4. The molecule has 5 N–H and O–H groups in total. The molecule has 0 saturated carbocycles. The number of rotatable bonds is 4. The Kier molecular flexibility index (Phi) is 5.95. The molecule has 6 rings (SSSR count). The molecule has 10 heteroatoms. The number of phenols is 3. The lowest BCUT2D eigenvalue weighted by molar-refractivity contribution is -0.121. The topological polar surface area (TPSA) is 167 Å². The number of aliphatic hydroxyl groups is 2. The Hall–Kier alpha value is -5.64. The Bertz CT molecular complexity index is 1890. The van der Waals surface area contributed by atoms with Crippen molar-refractivity contribution in [3.05, 3.63) is 106 Å². The minimum absolute atomic E-state index is 0.0261. The van der Waals surface area contributed by atoms with Crippen molar-refractivity contribution >= 4 is 28.1 Å². The second-order valence-corrected chi connectivity index (χ2v) is 9.57. The van der Waals surface area contributed by atoms with Crippen LogP contribution in [0.25, 0.3) is 33.6 Å². The number of fused-ring (bicyclic) bond motifs is 2. The summed E-state index contributed by atoms with van der Waals surface area (Å²) in [7, 11) is 1.42. The highest BCUT2D eigenvalue weighted by atomic mass is 16.5. The lowest BCUT2D eigenvalue weighted by atomic mass is 9.80. The Balaban J connectivity index is 1.50. The maximum absolute atomic E-state index is 13.2. The van der Waals surface area contributed by atoms with Crippen molar-refractivity contribution in [1.29, 1.82) is 0 Å². The molecule has 0 saturated heterocycles. The molecule has 4 aromatic rings. The summed E-state index contributed by atoms with van der Waals surface area (Å²) in [6.07, 6.45) is 1.16. The van der Waals surface area contributed by atoms with E-state index in [2.05, 4.69) is 0 Å². The molecular weight excluding hydrogens is 532 g/mol. The van der Waals surface area contributed by atoms with E-state index in [1.165, 1.54) is 37.5 Å². The molecule has 206 valence electrons. The number of hydrogen-bond donors (Lipinski definition) is 5. The molecule has 2 unspecified atom stereocenters. The van der Waals surface area contributed by atoms with Gasteiger partial charge in [-0.3, -0.25) is 9.59 Å². The molecule has 1 aromatic heterocycles. The predicted molar refractivity (Wildman–Crippen MR) is 148 cm³/mol. The quantitative estimate of drug-likeness (QED) is 0.233. The molecule has 0 spiro atoms. The van der Waals surface area contributed by atoms with Gasteiger partial charge in [-0.2, -0.15) is 0 Å². The third kappa shape index (κ3) is 4.31. The molecule has 0 radical (unpaired) electrons. The number of aromatic hydroxyl groups is 3. The number of hydrogen-bond acceptors (Lipinski definition) is 10. The lowest BCUT2D eigenvalue weighted by Gasteiger charge is -2.35. The van der Waals surface area contributed by atoms with Gasteiger partial charge in [0.15, 0.2) is 11.2 Å². The zero-order valence-electron chi connectivity index (χ0n) is 21.4. The van der Waals surface area contributed by atoms with Crippen LogP contribution in [-0.2, 0) is 9.53 Å². The number of phenolic OH excluding ortho intramolecular Hbond substituents is 3. The van der Waals surface area contributed by atoms with Crippen LogP contribution in [0.15, 0.2) is 93.5 Å². The van der Waals surface area contributed by atoms with Gasteiger partial charge in [0.2, 0.25) is 0 Å². The highest BCUT2D eigenvalue weighted by Gasteiger charge is 2.44. The van der Waals surface area contributed by atoms with Gasteiger partial charge < -0.3 is 39.4 Å². The van der Waals surface area contributed by atoms with Crippen LogP contribution in [0, 0.1) is 5.92 Å². The third-order valence-electron chi connectivity index (χ3n) is 7.02. The summed E-state index contributed by atoms with van der Waals surface area (Å²) in [5.74, 6) is -2.50. The molecule has 3 aromatic carbocycles. The first kappa shape index (κ1) is 25.6. The number of methoxy groups -OCH3 is 1. The third-order valence-corrected chi connectivity index (χ3v) is 7.02. The second-order valence-electron chi connectivity index (χ2n) is 9.57. The van der Waals surface area contributed by atoms with E-state index in [1.54, 1.807) is 30.3 Å². The van der Waals surface area contributed by atoms with Crippen molar-refractivity contribution < 1.29 is 44.2 Å². The van der Waals surface area contributed by atoms with Gasteiger partial charge in [0, 0.05) is 52.6 Å². The van der Waals surface area contributed by atoms with E-state index in [0.717, 1.165) is 12.1 Å². The standard InChI is InChI=1S/C31H22O10/c1-39-24-7-4-15(26-12-22(37)29-19(34)9-17(33)10-27(29)40-26)8-18(24)28-20(35)11-21(36)30-23(38)13-25(41-31(28)30)14-2-5-16(32)6-3-14/h2-13,30-36H,1H3. The summed E-state index contributed by atoms with van der Waals surface area (Å²) < 4.78 is 17.6. The van der Waals surface area contributed by atoms with Crippen molar-refractivity contribution in [3.8, 4) is 34.3 Å². The molecule has 0 amide bonds. The van der Waals surface area contributed by atoms with E-state index >= 15 is 0 Å². The van der Waals surface area contributed by atoms with Crippen LogP contribution in [0.3, 0.4) is 0 Å². The van der Waals surface area contributed by atoms with E-state index in [4.69, 9.17) is 13.9 Å². The van der Waals surface area contributed by atoms with Crippen molar-refractivity contribution in [2.75, 3.05) is 7.11 Å². The van der Waals surface area contributed by atoms with E-state index < -0.39 is 29.0 Å².